The summed E-state index contributed by atoms with van der Waals surface area (Å²) in [5.74, 6) is 0. The van der Waals surface area contributed by atoms with Gasteiger partial charge >= 0.3 is 0 Å². The Balaban J connectivity index is 2.08. The van der Waals surface area contributed by atoms with Gasteiger partial charge in [-0.05, 0) is 48.9 Å². The van der Waals surface area contributed by atoms with E-state index in [0.717, 1.165) is 11.1 Å². The third-order valence-corrected chi connectivity index (χ3v) is 4.06. The first kappa shape index (κ1) is 13.0. The molecule has 0 unspecified atom stereocenters. The van der Waals surface area contributed by atoms with E-state index in [9.17, 15) is 0 Å². The molecule has 0 aliphatic rings. The molecule has 4 aromatic rings. The zero-order chi connectivity index (χ0) is 15.1. The van der Waals surface area contributed by atoms with Gasteiger partial charge in [-0.25, -0.2) is 0 Å². The quantitative estimate of drug-likeness (QED) is 0.456. The third-order valence-electron chi connectivity index (χ3n) is 4.06. The number of aromatic nitrogens is 2. The van der Waals surface area contributed by atoms with Crippen LogP contribution < -0.4 is 0 Å². The highest BCUT2D eigenvalue weighted by atomic mass is 14.7. The maximum absolute atomic E-state index is 4.65. The highest BCUT2D eigenvalue weighted by molar-refractivity contribution is 6.10. The normalized spacial score (nSPS) is 11.2. The number of benzene rings is 2. The van der Waals surface area contributed by atoms with E-state index in [2.05, 4.69) is 66.3 Å². The first-order valence-corrected chi connectivity index (χ1v) is 7.42. The van der Waals surface area contributed by atoms with Crippen molar-refractivity contribution in [1.82, 2.24) is 9.97 Å². The second kappa shape index (κ2) is 4.92. The Bertz CT molecular complexity index is 983. The fourth-order valence-corrected chi connectivity index (χ4v) is 3.18. The van der Waals surface area contributed by atoms with Gasteiger partial charge in [-0.1, -0.05) is 29.3 Å². The molecule has 106 valence electrons. The van der Waals surface area contributed by atoms with E-state index in [0.29, 0.717) is 0 Å². The highest BCUT2D eigenvalue weighted by Gasteiger charge is 2.08. The zero-order valence-electron chi connectivity index (χ0n) is 12.7. The average molecular weight is 284 g/mol. The smallest absolute Gasteiger partial charge is 0.0780 e. The highest BCUT2D eigenvalue weighted by Crippen LogP contribution is 2.31. The number of pyridine rings is 2. The van der Waals surface area contributed by atoms with Crippen molar-refractivity contribution in [2.24, 2.45) is 0 Å². The monoisotopic (exact) mass is 284 g/mol. The lowest BCUT2D eigenvalue weighted by Crippen LogP contribution is -1.89. The van der Waals surface area contributed by atoms with Crippen molar-refractivity contribution in [3.05, 3.63) is 72.2 Å². The van der Waals surface area contributed by atoms with Crippen molar-refractivity contribution in [2.45, 2.75) is 13.8 Å². The number of hydrogen-bond donors (Lipinski definition) is 0. The second-order valence-electron chi connectivity index (χ2n) is 5.79. The van der Waals surface area contributed by atoms with E-state index >= 15 is 0 Å². The summed E-state index contributed by atoms with van der Waals surface area (Å²) in [7, 11) is 0. The summed E-state index contributed by atoms with van der Waals surface area (Å²) < 4.78 is 0. The van der Waals surface area contributed by atoms with Gasteiger partial charge in [-0.3, -0.25) is 9.97 Å². The Hall–Kier alpha value is -2.74. The number of aryl methyl sites for hydroxylation is 2. The van der Waals surface area contributed by atoms with Crippen LogP contribution in [0.15, 0.2) is 61.1 Å². The van der Waals surface area contributed by atoms with E-state index in [1.807, 2.05) is 18.6 Å². The van der Waals surface area contributed by atoms with Gasteiger partial charge in [-0.15, -0.1) is 0 Å². The van der Waals surface area contributed by atoms with Gasteiger partial charge in [0.15, 0.2) is 0 Å². The van der Waals surface area contributed by atoms with Crippen LogP contribution in [-0.2, 0) is 0 Å². The van der Waals surface area contributed by atoms with Gasteiger partial charge in [0, 0.05) is 34.9 Å². The van der Waals surface area contributed by atoms with E-state index in [1.165, 1.54) is 32.8 Å². The molecular formula is C20H16N2. The average Bonchev–Trinajstić information content (AvgIpc) is 2.53. The lowest BCUT2D eigenvalue weighted by molar-refractivity contribution is 1.32. The van der Waals surface area contributed by atoms with E-state index in [4.69, 9.17) is 0 Å². The Labute approximate surface area is 129 Å². The lowest BCUT2D eigenvalue weighted by Gasteiger charge is -2.10. The summed E-state index contributed by atoms with van der Waals surface area (Å²) in [4.78, 5) is 8.86. The molecule has 0 aliphatic heterocycles. The molecule has 2 aromatic heterocycles. The van der Waals surface area contributed by atoms with Crippen molar-refractivity contribution in [2.75, 3.05) is 0 Å². The van der Waals surface area contributed by atoms with Gasteiger partial charge < -0.3 is 0 Å². The van der Waals surface area contributed by atoms with Crippen LogP contribution in [-0.4, -0.2) is 9.97 Å². The molecule has 0 radical (unpaired) electrons. The third kappa shape index (κ3) is 2.04. The summed E-state index contributed by atoms with van der Waals surface area (Å²) in [5, 5.41) is 4.79. The molecule has 2 aromatic carbocycles. The molecule has 0 amide bonds. The first-order chi connectivity index (χ1) is 10.7. The van der Waals surface area contributed by atoms with Gasteiger partial charge in [0.2, 0.25) is 0 Å². The summed E-state index contributed by atoms with van der Waals surface area (Å²) in [6.07, 6.45) is 5.65. The SMILES string of the molecule is Cc1cc(C)cc(-c2nccc3c2ccc2cnccc23)c1. The van der Waals surface area contributed by atoms with Gasteiger partial charge in [0.05, 0.1) is 5.69 Å². The van der Waals surface area contributed by atoms with Crippen molar-refractivity contribution in [3.8, 4) is 11.3 Å². The Kier molecular flexibility index (Phi) is 2.90. The maximum atomic E-state index is 4.65. The van der Waals surface area contributed by atoms with Crippen LogP contribution in [0, 0.1) is 13.8 Å². The van der Waals surface area contributed by atoms with Gasteiger partial charge in [-0.2, -0.15) is 0 Å². The van der Waals surface area contributed by atoms with Crippen LogP contribution in [0.25, 0.3) is 32.8 Å². The molecule has 4 rings (SSSR count). The Morgan fingerprint density at radius 2 is 1.50 bits per heavy atom. The Morgan fingerprint density at radius 1 is 0.727 bits per heavy atom. The number of rotatable bonds is 1. The minimum Gasteiger partial charge on any atom is -0.264 e. The molecule has 2 heterocycles. The van der Waals surface area contributed by atoms with E-state index < -0.39 is 0 Å². The molecule has 0 spiro atoms. The molecule has 0 saturated heterocycles. The standard InChI is InChI=1S/C20H16N2/c1-13-9-14(2)11-16(10-13)20-19-4-3-15-12-21-7-5-17(15)18(19)6-8-22-20/h3-12H,1-2H3. The molecule has 0 atom stereocenters. The number of hydrogen-bond acceptors (Lipinski definition) is 2. The fourth-order valence-electron chi connectivity index (χ4n) is 3.18. The number of fused-ring (bicyclic) bond motifs is 3. The van der Waals surface area contributed by atoms with Crippen molar-refractivity contribution >= 4 is 21.5 Å². The molecule has 2 heteroatoms. The van der Waals surface area contributed by atoms with Crippen molar-refractivity contribution in [1.29, 1.82) is 0 Å². The summed E-state index contributed by atoms with van der Waals surface area (Å²) in [5.41, 5.74) is 4.75. The first-order valence-electron chi connectivity index (χ1n) is 7.42. The zero-order valence-corrected chi connectivity index (χ0v) is 12.7. The fraction of sp³-hybridized carbons (Fsp3) is 0.100. The lowest BCUT2D eigenvalue weighted by atomic mass is 9.98. The molecule has 22 heavy (non-hydrogen) atoms. The van der Waals surface area contributed by atoms with Crippen LogP contribution in [0.5, 0.6) is 0 Å². The molecule has 0 saturated carbocycles. The van der Waals surface area contributed by atoms with Gasteiger partial charge in [0.25, 0.3) is 0 Å². The van der Waals surface area contributed by atoms with Gasteiger partial charge in [0.1, 0.15) is 0 Å². The predicted molar refractivity (Wildman–Crippen MR) is 92.0 cm³/mol. The molecule has 2 nitrogen and oxygen atoms in total. The molecular weight excluding hydrogens is 268 g/mol. The summed E-state index contributed by atoms with van der Waals surface area (Å²) in [6.45, 7) is 4.26. The maximum Gasteiger partial charge on any atom is 0.0780 e. The second-order valence-corrected chi connectivity index (χ2v) is 5.79. The largest absolute Gasteiger partial charge is 0.264 e. The topological polar surface area (TPSA) is 25.8 Å². The van der Waals surface area contributed by atoms with Crippen LogP contribution in [0.4, 0.5) is 0 Å². The summed E-state index contributed by atoms with van der Waals surface area (Å²) in [6, 6.07) is 15.0. The van der Waals surface area contributed by atoms with E-state index in [1.54, 1.807) is 0 Å². The Morgan fingerprint density at radius 3 is 2.32 bits per heavy atom. The molecule has 0 N–H and O–H groups in total. The molecule has 0 bridgehead atoms. The summed E-state index contributed by atoms with van der Waals surface area (Å²) >= 11 is 0. The van der Waals surface area contributed by atoms with Crippen molar-refractivity contribution < 1.29 is 0 Å². The molecule has 0 fully saturated rings. The predicted octanol–water partition coefficient (Wildman–Crippen LogP) is 5.07. The minimum absolute atomic E-state index is 1.04. The van der Waals surface area contributed by atoms with Crippen LogP contribution >= 0.6 is 0 Å². The number of nitrogens with zero attached hydrogens (tertiary/aromatic N) is 2. The minimum atomic E-state index is 1.04. The van der Waals surface area contributed by atoms with Crippen LogP contribution in [0.1, 0.15) is 11.1 Å². The molecule has 0 aliphatic carbocycles. The van der Waals surface area contributed by atoms with Crippen molar-refractivity contribution in [3.63, 3.8) is 0 Å². The van der Waals surface area contributed by atoms with Crippen LogP contribution in [0.2, 0.25) is 0 Å². The van der Waals surface area contributed by atoms with Crippen LogP contribution in [0.3, 0.4) is 0 Å². The van der Waals surface area contributed by atoms with E-state index in [-0.39, 0.29) is 0 Å².